The van der Waals surface area contributed by atoms with Crippen LogP contribution < -0.4 is 10.9 Å². The highest BCUT2D eigenvalue weighted by molar-refractivity contribution is 9.09. The number of rotatable bonds is 6. The highest BCUT2D eigenvalue weighted by atomic mass is 79.9. The Morgan fingerprint density at radius 2 is 2.35 bits per heavy atom. The van der Waals surface area contributed by atoms with Gasteiger partial charge in [0.05, 0.1) is 12.2 Å². The van der Waals surface area contributed by atoms with E-state index in [-0.39, 0.29) is 16.3 Å². The van der Waals surface area contributed by atoms with Crippen LogP contribution in [0.1, 0.15) is 16.8 Å². The van der Waals surface area contributed by atoms with E-state index in [1.54, 1.807) is 7.11 Å². The monoisotopic (exact) mass is 302 g/mol. The number of carbonyl (C=O) groups is 1. The van der Waals surface area contributed by atoms with Gasteiger partial charge in [0.2, 0.25) is 5.56 Å². The SMILES string of the molecule is COCC(Br)CCNC(=O)c1ccc(=O)[nH]c1. The van der Waals surface area contributed by atoms with E-state index in [1.165, 1.54) is 18.3 Å². The van der Waals surface area contributed by atoms with Crippen LogP contribution in [0.2, 0.25) is 0 Å². The minimum Gasteiger partial charge on any atom is -0.384 e. The number of halogens is 1. The molecule has 94 valence electrons. The second-order valence-corrected chi connectivity index (χ2v) is 4.83. The highest BCUT2D eigenvalue weighted by Crippen LogP contribution is 2.04. The molecule has 17 heavy (non-hydrogen) atoms. The lowest BCUT2D eigenvalue weighted by Gasteiger charge is -2.09. The smallest absolute Gasteiger partial charge is 0.252 e. The van der Waals surface area contributed by atoms with Gasteiger partial charge in [-0.2, -0.15) is 0 Å². The molecule has 1 rings (SSSR count). The van der Waals surface area contributed by atoms with Gasteiger partial charge in [-0.15, -0.1) is 0 Å². The van der Waals surface area contributed by atoms with Crippen molar-refractivity contribution in [1.29, 1.82) is 0 Å². The summed E-state index contributed by atoms with van der Waals surface area (Å²) in [7, 11) is 1.63. The molecule has 0 aliphatic heterocycles. The van der Waals surface area contributed by atoms with Crippen LogP contribution in [0.25, 0.3) is 0 Å². The quantitative estimate of drug-likeness (QED) is 0.767. The van der Waals surface area contributed by atoms with Gasteiger partial charge in [0.1, 0.15) is 0 Å². The molecular formula is C11H15BrN2O3. The van der Waals surface area contributed by atoms with Crippen molar-refractivity contribution in [3.63, 3.8) is 0 Å². The summed E-state index contributed by atoms with van der Waals surface area (Å²) in [5.41, 5.74) is 0.227. The van der Waals surface area contributed by atoms with Crippen molar-refractivity contribution >= 4 is 21.8 Å². The van der Waals surface area contributed by atoms with Crippen molar-refractivity contribution in [3.8, 4) is 0 Å². The van der Waals surface area contributed by atoms with Crippen molar-refractivity contribution in [1.82, 2.24) is 10.3 Å². The summed E-state index contributed by atoms with van der Waals surface area (Å²) in [5.74, 6) is -0.196. The fourth-order valence-electron chi connectivity index (χ4n) is 1.26. The molecule has 6 heteroatoms. The second kappa shape index (κ2) is 7.24. The molecule has 0 radical (unpaired) electrons. The first-order valence-corrected chi connectivity index (χ1v) is 6.15. The first kappa shape index (κ1) is 13.9. The topological polar surface area (TPSA) is 71.2 Å². The second-order valence-electron chi connectivity index (χ2n) is 3.54. The van der Waals surface area contributed by atoms with E-state index < -0.39 is 0 Å². The number of H-pyrrole nitrogens is 1. The zero-order chi connectivity index (χ0) is 12.7. The van der Waals surface area contributed by atoms with Gasteiger partial charge in [0.25, 0.3) is 5.91 Å². The molecule has 5 nitrogen and oxygen atoms in total. The number of ether oxygens (including phenoxy) is 1. The molecule has 0 aliphatic carbocycles. The summed E-state index contributed by atoms with van der Waals surface area (Å²) in [4.78, 5) is 25.1. The summed E-state index contributed by atoms with van der Waals surface area (Å²) in [5, 5.41) is 2.76. The number of hydrogen-bond acceptors (Lipinski definition) is 3. The van der Waals surface area contributed by atoms with Gasteiger partial charge >= 0.3 is 0 Å². The summed E-state index contributed by atoms with van der Waals surface area (Å²) < 4.78 is 4.96. The zero-order valence-electron chi connectivity index (χ0n) is 9.53. The van der Waals surface area contributed by atoms with Crippen molar-refractivity contribution in [2.45, 2.75) is 11.2 Å². The Morgan fingerprint density at radius 3 is 2.94 bits per heavy atom. The Balaban J connectivity index is 2.35. The number of carbonyl (C=O) groups excluding carboxylic acids is 1. The molecule has 1 heterocycles. The molecule has 0 spiro atoms. The maximum Gasteiger partial charge on any atom is 0.252 e. The largest absolute Gasteiger partial charge is 0.384 e. The molecule has 0 bridgehead atoms. The van der Waals surface area contributed by atoms with Crippen LogP contribution in [-0.2, 0) is 4.74 Å². The summed E-state index contributed by atoms with van der Waals surface area (Å²) in [6.45, 7) is 1.16. The molecule has 1 atom stereocenters. The fraction of sp³-hybridized carbons (Fsp3) is 0.455. The number of aromatic amines is 1. The molecule has 1 aromatic rings. The third-order valence-electron chi connectivity index (χ3n) is 2.14. The van der Waals surface area contributed by atoms with Gasteiger partial charge in [0.15, 0.2) is 0 Å². The average Bonchev–Trinajstić information content (AvgIpc) is 2.30. The van der Waals surface area contributed by atoms with Crippen molar-refractivity contribution in [2.24, 2.45) is 0 Å². The minimum absolute atomic E-state index is 0.196. The number of aromatic nitrogens is 1. The van der Waals surface area contributed by atoms with Crippen LogP contribution in [0.3, 0.4) is 0 Å². The van der Waals surface area contributed by atoms with Crippen molar-refractivity contribution in [3.05, 3.63) is 34.2 Å². The van der Waals surface area contributed by atoms with Crippen LogP contribution in [0.4, 0.5) is 0 Å². The third kappa shape index (κ3) is 5.14. The van der Waals surface area contributed by atoms with Gasteiger partial charge in [-0.25, -0.2) is 0 Å². The first-order chi connectivity index (χ1) is 8.13. The van der Waals surface area contributed by atoms with Gasteiger partial charge < -0.3 is 15.0 Å². The van der Waals surface area contributed by atoms with E-state index in [4.69, 9.17) is 4.74 Å². The minimum atomic E-state index is -0.220. The normalized spacial score (nSPS) is 12.1. The van der Waals surface area contributed by atoms with E-state index in [1.807, 2.05) is 0 Å². The average molecular weight is 303 g/mol. The van der Waals surface area contributed by atoms with Crippen LogP contribution in [0.15, 0.2) is 23.1 Å². The van der Waals surface area contributed by atoms with Crippen LogP contribution >= 0.6 is 15.9 Å². The predicted octanol–water partition coefficient (Wildman–Crippen LogP) is 0.905. The Labute approximate surface area is 108 Å². The molecule has 0 saturated carbocycles. The molecule has 1 amide bonds. The molecule has 0 aromatic carbocycles. The first-order valence-electron chi connectivity index (χ1n) is 5.23. The standard InChI is InChI=1S/C11H15BrN2O3/c1-17-7-9(12)4-5-13-11(16)8-2-3-10(15)14-6-8/h2-3,6,9H,4-5,7H2,1H3,(H,13,16)(H,14,15). The van der Waals surface area contributed by atoms with E-state index >= 15 is 0 Å². The Morgan fingerprint density at radius 1 is 1.59 bits per heavy atom. The number of methoxy groups -OCH3 is 1. The number of pyridine rings is 1. The molecular weight excluding hydrogens is 288 g/mol. The van der Waals surface area contributed by atoms with Crippen LogP contribution in [0, 0.1) is 0 Å². The summed E-state index contributed by atoms with van der Waals surface area (Å²) in [6, 6.07) is 2.82. The molecule has 0 fully saturated rings. The summed E-state index contributed by atoms with van der Waals surface area (Å²) >= 11 is 3.43. The van der Waals surface area contributed by atoms with Crippen LogP contribution in [-0.4, -0.2) is 36.0 Å². The van der Waals surface area contributed by atoms with Crippen LogP contribution in [0.5, 0.6) is 0 Å². The molecule has 1 aromatic heterocycles. The fourth-order valence-corrected chi connectivity index (χ4v) is 1.75. The Kier molecular flexibility index (Phi) is 5.93. The van der Waals surface area contributed by atoms with Gasteiger partial charge in [-0.1, -0.05) is 15.9 Å². The van der Waals surface area contributed by atoms with Gasteiger partial charge in [-0.3, -0.25) is 9.59 Å². The maximum atomic E-state index is 11.6. The van der Waals surface area contributed by atoms with E-state index in [2.05, 4.69) is 26.2 Å². The molecule has 2 N–H and O–H groups in total. The maximum absolute atomic E-state index is 11.6. The van der Waals surface area contributed by atoms with E-state index in [9.17, 15) is 9.59 Å². The number of hydrogen-bond donors (Lipinski definition) is 2. The number of nitrogens with one attached hydrogen (secondary N) is 2. The van der Waals surface area contributed by atoms with Gasteiger partial charge in [-0.05, 0) is 12.5 Å². The molecule has 0 aliphatic rings. The lowest BCUT2D eigenvalue weighted by atomic mass is 10.2. The van der Waals surface area contributed by atoms with E-state index in [0.717, 1.165) is 6.42 Å². The van der Waals surface area contributed by atoms with Crippen molar-refractivity contribution in [2.75, 3.05) is 20.3 Å². The number of amides is 1. The lowest BCUT2D eigenvalue weighted by Crippen LogP contribution is -2.27. The zero-order valence-corrected chi connectivity index (χ0v) is 11.1. The molecule has 1 unspecified atom stereocenters. The third-order valence-corrected chi connectivity index (χ3v) is 2.86. The highest BCUT2D eigenvalue weighted by Gasteiger charge is 2.07. The predicted molar refractivity (Wildman–Crippen MR) is 68.6 cm³/mol. The Bertz CT molecular complexity index is 399. The van der Waals surface area contributed by atoms with Gasteiger partial charge in [0, 0.05) is 30.7 Å². The molecule has 0 saturated heterocycles. The summed E-state index contributed by atoms with van der Waals surface area (Å²) in [6.07, 6.45) is 2.18. The van der Waals surface area contributed by atoms with Crippen molar-refractivity contribution < 1.29 is 9.53 Å². The number of alkyl halides is 1. The lowest BCUT2D eigenvalue weighted by molar-refractivity contribution is 0.0951. The Hall–Kier alpha value is -1.14. The van der Waals surface area contributed by atoms with E-state index in [0.29, 0.717) is 18.7 Å².